The molecule has 3 aromatic rings. The van der Waals surface area contributed by atoms with Crippen molar-refractivity contribution in [3.8, 4) is 11.3 Å². The van der Waals surface area contributed by atoms with Crippen molar-refractivity contribution >= 4 is 27.3 Å². The third-order valence-electron chi connectivity index (χ3n) is 5.85. The van der Waals surface area contributed by atoms with Gasteiger partial charge < -0.3 is 5.32 Å². The molecule has 1 unspecified atom stereocenters. The Balaban J connectivity index is 1.27. The molecule has 2 aromatic heterocycles. The summed E-state index contributed by atoms with van der Waals surface area (Å²) in [5.41, 5.74) is 2.44. The van der Waals surface area contributed by atoms with Gasteiger partial charge in [-0.25, -0.2) is 13.4 Å². The fraction of sp³-hybridized carbons (Fsp3) is 0.375. The Bertz CT molecular complexity index is 1180. The van der Waals surface area contributed by atoms with Gasteiger partial charge in [0.05, 0.1) is 15.6 Å². The van der Waals surface area contributed by atoms with Crippen LogP contribution in [0.4, 0.5) is 0 Å². The molecule has 0 radical (unpaired) electrons. The van der Waals surface area contributed by atoms with Gasteiger partial charge in [0.2, 0.25) is 10.0 Å². The molecule has 1 aliphatic rings. The second kappa shape index (κ2) is 10.5. The molecule has 1 atom stereocenters. The van der Waals surface area contributed by atoms with Crippen molar-refractivity contribution in [3.05, 3.63) is 64.7 Å². The first-order valence-electron chi connectivity index (χ1n) is 11.2. The number of carbonyl (C=O) groups is 1. The van der Waals surface area contributed by atoms with Crippen molar-refractivity contribution in [2.24, 2.45) is 0 Å². The second-order valence-electron chi connectivity index (χ2n) is 8.21. The third-order valence-corrected chi connectivity index (χ3v) is 8.78. The number of rotatable bonds is 8. The molecule has 33 heavy (non-hydrogen) atoms. The SMILES string of the molecule is CC1CCCCN1S(=O)(=O)c1ccc(C(=O)NCCCc2nc(-c3ccncc3)cs2)cc1. The Morgan fingerprint density at radius 3 is 2.64 bits per heavy atom. The highest BCUT2D eigenvalue weighted by Gasteiger charge is 2.30. The predicted octanol–water partition coefficient (Wildman–Crippen LogP) is 4.13. The van der Waals surface area contributed by atoms with Gasteiger partial charge in [0, 0.05) is 54.5 Å². The number of thiazole rings is 1. The summed E-state index contributed by atoms with van der Waals surface area (Å²) in [6.45, 7) is 3.02. The van der Waals surface area contributed by atoms with Crippen LogP contribution in [0.15, 0.2) is 59.1 Å². The molecule has 1 amide bonds. The molecule has 1 aromatic carbocycles. The van der Waals surface area contributed by atoms with Gasteiger partial charge in [-0.05, 0) is 62.6 Å². The molecule has 0 aliphatic carbocycles. The fourth-order valence-electron chi connectivity index (χ4n) is 3.97. The number of sulfonamides is 1. The van der Waals surface area contributed by atoms with E-state index in [0.717, 1.165) is 48.4 Å². The molecular weight excluding hydrogens is 456 g/mol. The number of nitrogens with zero attached hydrogens (tertiary/aromatic N) is 3. The van der Waals surface area contributed by atoms with E-state index in [-0.39, 0.29) is 16.8 Å². The van der Waals surface area contributed by atoms with Crippen LogP contribution in [0, 0.1) is 0 Å². The van der Waals surface area contributed by atoms with Crippen LogP contribution in [0.1, 0.15) is 48.0 Å². The van der Waals surface area contributed by atoms with Crippen LogP contribution in [0.2, 0.25) is 0 Å². The number of carbonyl (C=O) groups excluding carboxylic acids is 1. The van der Waals surface area contributed by atoms with Gasteiger partial charge in [-0.2, -0.15) is 4.31 Å². The molecule has 1 fully saturated rings. The van der Waals surface area contributed by atoms with Gasteiger partial charge in [0.25, 0.3) is 5.91 Å². The molecule has 0 bridgehead atoms. The number of nitrogens with one attached hydrogen (secondary N) is 1. The summed E-state index contributed by atoms with van der Waals surface area (Å²) in [6.07, 6.45) is 7.87. The second-order valence-corrected chi connectivity index (χ2v) is 11.0. The Hall–Kier alpha value is -2.62. The van der Waals surface area contributed by atoms with Crippen LogP contribution >= 0.6 is 11.3 Å². The summed E-state index contributed by atoms with van der Waals surface area (Å²) in [6, 6.07) is 10.1. The number of piperidine rings is 1. The predicted molar refractivity (Wildman–Crippen MR) is 130 cm³/mol. The summed E-state index contributed by atoms with van der Waals surface area (Å²) < 4.78 is 27.4. The Kier molecular flexibility index (Phi) is 7.52. The monoisotopic (exact) mass is 484 g/mol. The molecule has 1 aliphatic heterocycles. The quantitative estimate of drug-likeness (QED) is 0.485. The van der Waals surface area contributed by atoms with E-state index in [2.05, 4.69) is 15.3 Å². The summed E-state index contributed by atoms with van der Waals surface area (Å²) in [5.74, 6) is -0.207. The zero-order chi connectivity index (χ0) is 23.3. The minimum atomic E-state index is -3.53. The van der Waals surface area contributed by atoms with Crippen molar-refractivity contribution < 1.29 is 13.2 Å². The van der Waals surface area contributed by atoms with Gasteiger partial charge in [-0.1, -0.05) is 6.42 Å². The molecule has 7 nitrogen and oxygen atoms in total. The lowest BCUT2D eigenvalue weighted by Crippen LogP contribution is -2.41. The first-order valence-corrected chi connectivity index (χ1v) is 13.5. The average molecular weight is 485 g/mol. The van der Waals surface area contributed by atoms with E-state index in [1.807, 2.05) is 24.4 Å². The highest BCUT2D eigenvalue weighted by Crippen LogP contribution is 2.25. The highest BCUT2D eigenvalue weighted by atomic mass is 32.2. The molecular formula is C24H28N4O3S2. The van der Waals surface area contributed by atoms with E-state index in [9.17, 15) is 13.2 Å². The minimum Gasteiger partial charge on any atom is -0.352 e. The maximum atomic E-state index is 12.9. The molecule has 3 heterocycles. The van der Waals surface area contributed by atoms with Crippen LogP contribution in [-0.2, 0) is 16.4 Å². The van der Waals surface area contributed by atoms with Gasteiger partial charge in [0.15, 0.2) is 0 Å². The fourth-order valence-corrected chi connectivity index (χ4v) is 6.52. The highest BCUT2D eigenvalue weighted by molar-refractivity contribution is 7.89. The average Bonchev–Trinajstić information content (AvgIpc) is 3.31. The molecule has 9 heteroatoms. The standard InChI is InChI=1S/C24H28N4O3S2/c1-18-5-2-3-16-28(18)33(30,31)21-9-7-20(8-10-21)24(29)26-13-4-6-23-27-22(17-32-23)19-11-14-25-15-12-19/h7-12,14-15,17-18H,2-6,13,16H2,1H3,(H,26,29). The molecule has 1 saturated heterocycles. The normalized spacial score (nSPS) is 17.1. The lowest BCUT2D eigenvalue weighted by Gasteiger charge is -2.32. The van der Waals surface area contributed by atoms with Gasteiger partial charge in [-0.3, -0.25) is 9.78 Å². The Labute approximate surface area is 199 Å². The van der Waals surface area contributed by atoms with Crippen LogP contribution in [0.25, 0.3) is 11.3 Å². The molecule has 1 N–H and O–H groups in total. The number of amides is 1. The lowest BCUT2D eigenvalue weighted by atomic mass is 10.1. The Morgan fingerprint density at radius 1 is 1.15 bits per heavy atom. The van der Waals surface area contributed by atoms with E-state index in [4.69, 9.17) is 0 Å². The topological polar surface area (TPSA) is 92.3 Å². The van der Waals surface area contributed by atoms with Crippen molar-refractivity contribution in [3.63, 3.8) is 0 Å². The number of benzene rings is 1. The largest absolute Gasteiger partial charge is 0.352 e. The van der Waals surface area contributed by atoms with E-state index >= 15 is 0 Å². The summed E-state index contributed by atoms with van der Waals surface area (Å²) in [7, 11) is -3.53. The number of hydrogen-bond acceptors (Lipinski definition) is 6. The van der Waals surface area contributed by atoms with E-state index < -0.39 is 10.0 Å². The first-order chi connectivity index (χ1) is 15.9. The zero-order valence-electron chi connectivity index (χ0n) is 18.6. The van der Waals surface area contributed by atoms with Crippen LogP contribution < -0.4 is 5.32 Å². The van der Waals surface area contributed by atoms with Crippen LogP contribution in [0.5, 0.6) is 0 Å². The van der Waals surface area contributed by atoms with Crippen LogP contribution in [0.3, 0.4) is 0 Å². The van der Waals surface area contributed by atoms with Crippen molar-refractivity contribution in [1.29, 1.82) is 0 Å². The maximum absolute atomic E-state index is 12.9. The molecule has 174 valence electrons. The Morgan fingerprint density at radius 2 is 1.91 bits per heavy atom. The zero-order valence-corrected chi connectivity index (χ0v) is 20.2. The maximum Gasteiger partial charge on any atom is 0.251 e. The van der Waals surface area contributed by atoms with Gasteiger partial charge in [0.1, 0.15) is 0 Å². The number of hydrogen-bond donors (Lipinski definition) is 1. The van der Waals surface area contributed by atoms with Crippen LogP contribution in [-0.4, -0.2) is 47.7 Å². The van der Waals surface area contributed by atoms with Gasteiger partial charge >= 0.3 is 0 Å². The van der Waals surface area contributed by atoms with Crippen molar-refractivity contribution in [2.75, 3.05) is 13.1 Å². The first kappa shape index (κ1) is 23.5. The lowest BCUT2D eigenvalue weighted by molar-refractivity contribution is 0.0953. The minimum absolute atomic E-state index is 0.00495. The summed E-state index contributed by atoms with van der Waals surface area (Å²) >= 11 is 1.61. The third kappa shape index (κ3) is 5.66. The number of aromatic nitrogens is 2. The summed E-state index contributed by atoms with van der Waals surface area (Å²) in [5, 5.41) is 5.96. The molecule has 4 rings (SSSR count). The van der Waals surface area contributed by atoms with Gasteiger partial charge in [-0.15, -0.1) is 11.3 Å². The number of pyridine rings is 1. The van der Waals surface area contributed by atoms with Crippen molar-refractivity contribution in [2.45, 2.75) is 50.0 Å². The smallest absolute Gasteiger partial charge is 0.251 e. The van der Waals surface area contributed by atoms with Crippen molar-refractivity contribution in [1.82, 2.24) is 19.6 Å². The summed E-state index contributed by atoms with van der Waals surface area (Å²) in [4.78, 5) is 21.4. The van der Waals surface area contributed by atoms with E-state index in [1.54, 1.807) is 40.2 Å². The molecule has 0 spiro atoms. The molecule has 0 saturated carbocycles. The number of aryl methyl sites for hydroxylation is 1. The van der Waals surface area contributed by atoms with E-state index in [0.29, 0.717) is 18.7 Å². The van der Waals surface area contributed by atoms with E-state index in [1.165, 1.54) is 12.1 Å².